The van der Waals surface area contributed by atoms with Crippen molar-refractivity contribution >= 4 is 40.5 Å². The van der Waals surface area contributed by atoms with Crippen LogP contribution in [-0.2, 0) is 9.59 Å². The number of hydrogen-bond donors (Lipinski definition) is 1. The predicted molar refractivity (Wildman–Crippen MR) is 148 cm³/mol. The molecule has 0 unspecified atom stereocenters. The van der Waals surface area contributed by atoms with Crippen LogP contribution in [0.15, 0.2) is 48.5 Å². The van der Waals surface area contributed by atoms with Crippen LogP contribution in [0.1, 0.15) is 13.3 Å². The maximum Gasteiger partial charge on any atom is 0.256 e. The summed E-state index contributed by atoms with van der Waals surface area (Å²) in [6.07, 6.45) is 0.00126. The number of hydrogen-bond acceptors (Lipinski definition) is 7. The second kappa shape index (κ2) is 12.4. The van der Waals surface area contributed by atoms with E-state index in [1.165, 1.54) is 0 Å². The molecule has 2 heterocycles. The molecule has 10 heteroatoms. The van der Waals surface area contributed by atoms with E-state index >= 15 is 0 Å². The van der Waals surface area contributed by atoms with Gasteiger partial charge in [-0.3, -0.25) is 19.4 Å². The first-order chi connectivity index (χ1) is 17.9. The lowest BCUT2D eigenvalue weighted by atomic mass is 10.1. The van der Waals surface area contributed by atoms with Crippen LogP contribution in [0.5, 0.6) is 11.5 Å². The number of benzene rings is 2. The molecular weight excluding hydrogens is 490 g/mol. The SMILES string of the molecule is CCOc1ccc(N2C(=O)[C@@H](CC(=O)Nc3ccc(OC)cc3)N(CCN3CCN(C)CC3)C2=S)cc1. The number of nitrogens with one attached hydrogen (secondary N) is 1. The van der Waals surface area contributed by atoms with Gasteiger partial charge in [0.25, 0.3) is 5.91 Å². The number of carbonyl (C=O) groups is 2. The van der Waals surface area contributed by atoms with Crippen molar-refractivity contribution in [3.8, 4) is 11.5 Å². The number of piperazine rings is 1. The normalized spacial score (nSPS) is 18.8. The zero-order chi connectivity index (χ0) is 26.4. The molecule has 1 atom stereocenters. The molecular formula is C27H35N5O4S. The van der Waals surface area contributed by atoms with Crippen LogP contribution >= 0.6 is 12.2 Å². The first kappa shape index (κ1) is 26.8. The Hall–Kier alpha value is -3.21. The Morgan fingerprint density at radius 2 is 1.65 bits per heavy atom. The molecule has 2 aromatic rings. The van der Waals surface area contributed by atoms with Gasteiger partial charge in [-0.05, 0) is 74.7 Å². The highest BCUT2D eigenvalue weighted by atomic mass is 32.1. The minimum Gasteiger partial charge on any atom is -0.497 e. The Balaban J connectivity index is 1.49. The van der Waals surface area contributed by atoms with Gasteiger partial charge in [0.1, 0.15) is 17.5 Å². The highest BCUT2D eigenvalue weighted by Gasteiger charge is 2.44. The zero-order valence-corrected chi connectivity index (χ0v) is 22.5. The van der Waals surface area contributed by atoms with Crippen LogP contribution in [0.3, 0.4) is 0 Å². The van der Waals surface area contributed by atoms with Gasteiger partial charge in [0.2, 0.25) is 5.91 Å². The van der Waals surface area contributed by atoms with Gasteiger partial charge >= 0.3 is 0 Å². The molecule has 2 fully saturated rings. The summed E-state index contributed by atoms with van der Waals surface area (Å²) < 4.78 is 10.7. The Bertz CT molecular complexity index is 1090. The number of carbonyl (C=O) groups excluding carboxylic acids is 2. The fourth-order valence-electron chi connectivity index (χ4n) is 4.57. The van der Waals surface area contributed by atoms with Crippen molar-refractivity contribution < 1.29 is 19.1 Å². The Labute approximate surface area is 223 Å². The van der Waals surface area contributed by atoms with Crippen LogP contribution in [0.25, 0.3) is 0 Å². The number of amides is 2. The second-order valence-corrected chi connectivity index (χ2v) is 9.58. The molecule has 0 spiro atoms. The van der Waals surface area contributed by atoms with Gasteiger partial charge in [-0.15, -0.1) is 0 Å². The van der Waals surface area contributed by atoms with E-state index in [9.17, 15) is 9.59 Å². The lowest BCUT2D eigenvalue weighted by Gasteiger charge is -2.34. The van der Waals surface area contributed by atoms with Crippen LogP contribution in [-0.4, -0.2) is 97.7 Å². The Morgan fingerprint density at radius 1 is 1.00 bits per heavy atom. The summed E-state index contributed by atoms with van der Waals surface area (Å²) in [6, 6.07) is 13.7. The summed E-state index contributed by atoms with van der Waals surface area (Å²) in [5.74, 6) is 0.989. The third kappa shape index (κ3) is 6.57. The van der Waals surface area contributed by atoms with E-state index < -0.39 is 6.04 Å². The minimum absolute atomic E-state index is 0.00126. The molecule has 2 saturated heterocycles. The van der Waals surface area contributed by atoms with Crippen LogP contribution in [0.4, 0.5) is 11.4 Å². The van der Waals surface area contributed by atoms with E-state index in [2.05, 4.69) is 22.2 Å². The zero-order valence-electron chi connectivity index (χ0n) is 21.7. The summed E-state index contributed by atoms with van der Waals surface area (Å²) in [5.41, 5.74) is 1.31. The molecule has 2 aromatic carbocycles. The maximum absolute atomic E-state index is 13.7. The van der Waals surface area contributed by atoms with E-state index in [1.807, 2.05) is 36.1 Å². The van der Waals surface area contributed by atoms with Crippen LogP contribution in [0.2, 0.25) is 0 Å². The van der Waals surface area contributed by atoms with Crippen LogP contribution in [0, 0.1) is 0 Å². The average Bonchev–Trinajstić information content (AvgIpc) is 3.13. The van der Waals surface area contributed by atoms with Gasteiger partial charge in [-0.1, -0.05) is 0 Å². The predicted octanol–water partition coefficient (Wildman–Crippen LogP) is 2.67. The third-order valence-corrected chi connectivity index (χ3v) is 7.15. The van der Waals surface area contributed by atoms with Gasteiger partial charge in [-0.25, -0.2) is 0 Å². The van der Waals surface area contributed by atoms with Crippen molar-refractivity contribution in [2.75, 3.05) is 70.2 Å². The quantitative estimate of drug-likeness (QED) is 0.475. The van der Waals surface area contributed by atoms with Gasteiger partial charge in [0.05, 0.1) is 25.8 Å². The summed E-state index contributed by atoms with van der Waals surface area (Å²) in [6.45, 7) is 7.79. The Morgan fingerprint density at radius 3 is 2.27 bits per heavy atom. The molecule has 9 nitrogen and oxygen atoms in total. The summed E-state index contributed by atoms with van der Waals surface area (Å²) >= 11 is 5.81. The lowest BCUT2D eigenvalue weighted by molar-refractivity contribution is -0.124. The molecule has 0 aliphatic carbocycles. The van der Waals surface area contributed by atoms with Crippen molar-refractivity contribution in [2.24, 2.45) is 0 Å². The van der Waals surface area contributed by atoms with Crippen molar-refractivity contribution in [1.82, 2.24) is 14.7 Å². The fourth-order valence-corrected chi connectivity index (χ4v) is 4.98. The number of methoxy groups -OCH3 is 1. The molecule has 2 amide bonds. The van der Waals surface area contributed by atoms with Gasteiger partial charge in [0, 0.05) is 45.0 Å². The third-order valence-electron chi connectivity index (χ3n) is 6.73. The van der Waals surface area contributed by atoms with Gasteiger partial charge in [-0.2, -0.15) is 0 Å². The summed E-state index contributed by atoms with van der Waals surface area (Å²) in [5, 5.41) is 3.32. The Kier molecular flexibility index (Phi) is 8.96. The molecule has 4 rings (SSSR count). The number of rotatable bonds is 10. The number of likely N-dealkylation sites (N-methyl/N-ethyl adjacent to an activating group) is 1. The average molecular weight is 526 g/mol. The van der Waals surface area contributed by atoms with E-state index in [1.54, 1.807) is 36.3 Å². The summed E-state index contributed by atoms with van der Waals surface area (Å²) in [7, 11) is 3.72. The minimum atomic E-state index is -0.676. The van der Waals surface area contributed by atoms with Crippen molar-refractivity contribution in [3.63, 3.8) is 0 Å². The van der Waals surface area contributed by atoms with Crippen LogP contribution < -0.4 is 19.7 Å². The number of nitrogens with zero attached hydrogens (tertiary/aromatic N) is 4. The highest BCUT2D eigenvalue weighted by molar-refractivity contribution is 7.80. The van der Waals surface area contributed by atoms with Gasteiger partial charge in [0.15, 0.2) is 5.11 Å². The van der Waals surface area contributed by atoms with Crippen molar-refractivity contribution in [3.05, 3.63) is 48.5 Å². The van der Waals surface area contributed by atoms with E-state index in [-0.39, 0.29) is 18.2 Å². The smallest absolute Gasteiger partial charge is 0.256 e. The number of anilines is 2. The van der Waals surface area contributed by atoms with E-state index in [0.29, 0.717) is 35.4 Å². The maximum atomic E-state index is 13.7. The first-order valence-electron chi connectivity index (χ1n) is 12.6. The molecule has 0 bridgehead atoms. The van der Waals surface area contributed by atoms with Gasteiger partial charge < -0.3 is 24.6 Å². The number of thiocarbonyl (C=S) groups is 1. The monoisotopic (exact) mass is 525 g/mol. The fraction of sp³-hybridized carbons (Fsp3) is 0.444. The van der Waals surface area contributed by atoms with E-state index in [0.717, 1.165) is 38.5 Å². The lowest BCUT2D eigenvalue weighted by Crippen LogP contribution is -2.48. The molecule has 0 radical (unpaired) electrons. The molecule has 198 valence electrons. The highest BCUT2D eigenvalue weighted by Crippen LogP contribution is 2.29. The number of ether oxygens (including phenoxy) is 2. The summed E-state index contributed by atoms with van der Waals surface area (Å²) in [4.78, 5) is 34.8. The topological polar surface area (TPSA) is 77.6 Å². The van der Waals surface area contributed by atoms with Crippen molar-refractivity contribution in [1.29, 1.82) is 0 Å². The van der Waals surface area contributed by atoms with Crippen molar-refractivity contribution in [2.45, 2.75) is 19.4 Å². The molecule has 1 N–H and O–H groups in total. The molecule has 0 aromatic heterocycles. The van der Waals surface area contributed by atoms with E-state index in [4.69, 9.17) is 21.7 Å². The second-order valence-electron chi connectivity index (χ2n) is 9.22. The largest absolute Gasteiger partial charge is 0.497 e. The standard InChI is InChI=1S/C27H35N5O4S/c1-4-36-23-11-7-21(8-12-23)32-26(34)24(19-25(33)28-20-5-9-22(35-3)10-6-20)31(27(32)37)18-17-30-15-13-29(2)14-16-30/h5-12,24H,4,13-19H2,1-3H3,(H,28,33)/t24-/m1/s1. The molecule has 37 heavy (non-hydrogen) atoms. The molecule has 2 aliphatic rings. The first-order valence-corrected chi connectivity index (χ1v) is 13.0. The molecule has 2 aliphatic heterocycles. The molecule has 0 saturated carbocycles.